The quantitative estimate of drug-likeness (QED) is 0.664. The molecule has 4 nitrogen and oxygen atoms in total. The summed E-state index contributed by atoms with van der Waals surface area (Å²) in [5, 5.41) is 11.8. The number of phenolic OH excluding ortho intramolecular Hbond substituents is 1. The first kappa shape index (κ1) is 14.6. The van der Waals surface area contributed by atoms with Gasteiger partial charge < -0.3 is 15.2 Å². The molecule has 22 heavy (non-hydrogen) atoms. The van der Waals surface area contributed by atoms with Crippen LogP contribution < -0.4 is 10.1 Å². The van der Waals surface area contributed by atoms with Gasteiger partial charge in [0, 0.05) is 0 Å². The number of phenols is 1. The third-order valence-electron chi connectivity index (χ3n) is 2.89. The van der Waals surface area contributed by atoms with Crippen LogP contribution in [0, 0.1) is 0 Å². The summed E-state index contributed by atoms with van der Waals surface area (Å²) >= 11 is 6.20. The van der Waals surface area contributed by atoms with Crippen LogP contribution in [0.4, 0.5) is 0 Å². The number of nitrogens with one attached hydrogen (secondary N) is 1. The van der Waals surface area contributed by atoms with Crippen LogP contribution in [0.1, 0.15) is 5.56 Å². The standard InChI is InChI=1S/C16H11NO3S2/c18-11-3-7-13(8-4-11)20-12-5-1-10(2-6-12)9-14-15(19)17-16(21)22-14/h1-9,18H,(H,17,19,21)/b14-9+. The van der Waals surface area contributed by atoms with E-state index >= 15 is 0 Å². The fourth-order valence-electron chi connectivity index (χ4n) is 1.85. The van der Waals surface area contributed by atoms with E-state index in [4.69, 9.17) is 17.0 Å². The van der Waals surface area contributed by atoms with Gasteiger partial charge in [-0.1, -0.05) is 36.1 Å². The van der Waals surface area contributed by atoms with Crippen LogP contribution in [-0.4, -0.2) is 15.3 Å². The van der Waals surface area contributed by atoms with Gasteiger partial charge in [-0.05, 0) is 48.0 Å². The molecule has 3 rings (SSSR count). The number of thioether (sulfide) groups is 1. The summed E-state index contributed by atoms with van der Waals surface area (Å²) in [6.07, 6.45) is 1.78. The van der Waals surface area contributed by atoms with E-state index < -0.39 is 0 Å². The van der Waals surface area contributed by atoms with Crippen molar-refractivity contribution >= 4 is 40.3 Å². The zero-order chi connectivity index (χ0) is 15.5. The fourth-order valence-corrected chi connectivity index (χ4v) is 2.90. The molecule has 1 fully saturated rings. The largest absolute Gasteiger partial charge is 0.508 e. The molecule has 0 aliphatic carbocycles. The van der Waals surface area contributed by atoms with E-state index in [1.54, 1.807) is 30.3 Å². The smallest absolute Gasteiger partial charge is 0.263 e. The lowest BCUT2D eigenvalue weighted by molar-refractivity contribution is -0.115. The molecule has 1 saturated heterocycles. The first-order valence-corrected chi connectivity index (χ1v) is 7.64. The maximum atomic E-state index is 11.6. The summed E-state index contributed by atoms with van der Waals surface area (Å²) in [6, 6.07) is 13.8. The minimum Gasteiger partial charge on any atom is -0.508 e. The molecule has 0 bridgehead atoms. The number of amides is 1. The molecule has 110 valence electrons. The molecular weight excluding hydrogens is 318 g/mol. The van der Waals surface area contributed by atoms with Gasteiger partial charge >= 0.3 is 0 Å². The maximum absolute atomic E-state index is 11.6. The van der Waals surface area contributed by atoms with Gasteiger partial charge in [0.05, 0.1) is 4.91 Å². The average Bonchev–Trinajstić information content (AvgIpc) is 2.81. The first-order valence-electron chi connectivity index (χ1n) is 6.42. The Morgan fingerprint density at radius 2 is 1.64 bits per heavy atom. The summed E-state index contributed by atoms with van der Waals surface area (Å²) < 4.78 is 6.13. The molecule has 0 radical (unpaired) electrons. The molecule has 2 N–H and O–H groups in total. The third kappa shape index (κ3) is 3.47. The molecule has 0 saturated carbocycles. The van der Waals surface area contributed by atoms with Crippen LogP contribution >= 0.6 is 24.0 Å². The molecule has 0 atom stereocenters. The lowest BCUT2D eigenvalue weighted by Gasteiger charge is -2.06. The molecule has 6 heteroatoms. The van der Waals surface area contributed by atoms with Crippen molar-refractivity contribution in [3.63, 3.8) is 0 Å². The number of rotatable bonds is 3. The summed E-state index contributed by atoms with van der Waals surface area (Å²) in [5.74, 6) is 1.34. The SMILES string of the molecule is O=C1NC(=S)S/C1=C/c1ccc(Oc2ccc(O)cc2)cc1. The third-order valence-corrected chi connectivity index (χ3v) is 4.06. The Morgan fingerprint density at radius 1 is 1.05 bits per heavy atom. The number of benzene rings is 2. The molecule has 1 aliphatic heterocycles. The molecule has 0 aromatic heterocycles. The van der Waals surface area contributed by atoms with Gasteiger partial charge in [-0.3, -0.25) is 4.79 Å². The van der Waals surface area contributed by atoms with Gasteiger partial charge in [0.15, 0.2) is 0 Å². The minimum atomic E-state index is -0.167. The molecule has 1 aliphatic rings. The fraction of sp³-hybridized carbons (Fsp3) is 0. The molecule has 1 amide bonds. The highest BCUT2D eigenvalue weighted by molar-refractivity contribution is 8.26. The van der Waals surface area contributed by atoms with E-state index in [0.717, 1.165) is 5.56 Å². The van der Waals surface area contributed by atoms with Crippen LogP contribution in [0.5, 0.6) is 17.2 Å². The number of thiocarbonyl (C=S) groups is 1. The molecular formula is C16H11NO3S2. The van der Waals surface area contributed by atoms with Crippen molar-refractivity contribution in [2.45, 2.75) is 0 Å². The van der Waals surface area contributed by atoms with Gasteiger partial charge in [0.25, 0.3) is 5.91 Å². The zero-order valence-electron chi connectivity index (χ0n) is 11.3. The molecule has 1 heterocycles. The predicted molar refractivity (Wildman–Crippen MR) is 90.9 cm³/mol. The van der Waals surface area contributed by atoms with Gasteiger partial charge in [-0.2, -0.15) is 0 Å². The first-order chi connectivity index (χ1) is 10.6. The van der Waals surface area contributed by atoms with Crippen LogP contribution in [-0.2, 0) is 4.79 Å². The van der Waals surface area contributed by atoms with Crippen molar-refractivity contribution in [3.8, 4) is 17.2 Å². The topological polar surface area (TPSA) is 58.6 Å². The van der Waals surface area contributed by atoms with Crippen molar-refractivity contribution in [1.82, 2.24) is 5.32 Å². The summed E-state index contributed by atoms with van der Waals surface area (Å²) in [4.78, 5) is 12.2. The van der Waals surface area contributed by atoms with E-state index in [1.807, 2.05) is 24.3 Å². The van der Waals surface area contributed by atoms with E-state index in [1.165, 1.54) is 11.8 Å². The van der Waals surface area contributed by atoms with Crippen LogP contribution in [0.2, 0.25) is 0 Å². The maximum Gasteiger partial charge on any atom is 0.263 e. The monoisotopic (exact) mass is 329 g/mol. The van der Waals surface area contributed by atoms with Crippen molar-refractivity contribution in [1.29, 1.82) is 0 Å². The van der Waals surface area contributed by atoms with Gasteiger partial charge in [-0.25, -0.2) is 0 Å². The number of hydrogen-bond acceptors (Lipinski definition) is 5. The van der Waals surface area contributed by atoms with Crippen molar-refractivity contribution in [3.05, 3.63) is 59.0 Å². The van der Waals surface area contributed by atoms with Crippen molar-refractivity contribution in [2.75, 3.05) is 0 Å². The average molecular weight is 329 g/mol. The van der Waals surface area contributed by atoms with E-state index in [0.29, 0.717) is 20.7 Å². The van der Waals surface area contributed by atoms with Gasteiger partial charge in [0.1, 0.15) is 21.6 Å². The van der Waals surface area contributed by atoms with E-state index in [9.17, 15) is 9.90 Å². The minimum absolute atomic E-state index is 0.167. The summed E-state index contributed by atoms with van der Waals surface area (Å²) in [6.45, 7) is 0. The van der Waals surface area contributed by atoms with Crippen LogP contribution in [0.15, 0.2) is 53.4 Å². The highest BCUT2D eigenvalue weighted by atomic mass is 32.2. The Morgan fingerprint density at radius 3 is 2.18 bits per heavy atom. The highest BCUT2D eigenvalue weighted by Gasteiger charge is 2.21. The lowest BCUT2D eigenvalue weighted by Crippen LogP contribution is -2.17. The molecule has 2 aromatic rings. The second kappa shape index (κ2) is 6.21. The molecule has 2 aromatic carbocycles. The summed E-state index contributed by atoms with van der Waals surface area (Å²) in [5.41, 5.74) is 0.889. The Labute approximate surface area is 136 Å². The summed E-state index contributed by atoms with van der Waals surface area (Å²) in [7, 11) is 0. The van der Waals surface area contributed by atoms with Crippen LogP contribution in [0.25, 0.3) is 6.08 Å². The Bertz CT molecular complexity index is 752. The Kier molecular flexibility index (Phi) is 4.13. The number of carbonyl (C=O) groups excluding carboxylic acids is 1. The Balaban J connectivity index is 1.73. The number of ether oxygens (including phenoxy) is 1. The number of hydrogen-bond donors (Lipinski definition) is 2. The number of aromatic hydroxyl groups is 1. The second-order valence-electron chi connectivity index (χ2n) is 4.52. The van der Waals surface area contributed by atoms with Crippen molar-refractivity contribution < 1.29 is 14.6 Å². The van der Waals surface area contributed by atoms with E-state index in [-0.39, 0.29) is 11.7 Å². The predicted octanol–water partition coefficient (Wildman–Crippen LogP) is 3.67. The zero-order valence-corrected chi connectivity index (χ0v) is 12.9. The second-order valence-corrected chi connectivity index (χ2v) is 6.24. The lowest BCUT2D eigenvalue weighted by atomic mass is 10.2. The molecule has 0 spiro atoms. The highest BCUT2D eigenvalue weighted by Crippen LogP contribution is 2.27. The normalized spacial score (nSPS) is 15.9. The molecule has 0 unspecified atom stereocenters. The van der Waals surface area contributed by atoms with Gasteiger partial charge in [-0.15, -0.1) is 0 Å². The van der Waals surface area contributed by atoms with Crippen LogP contribution in [0.3, 0.4) is 0 Å². The van der Waals surface area contributed by atoms with Crippen molar-refractivity contribution in [2.24, 2.45) is 0 Å². The number of carbonyl (C=O) groups is 1. The Hall–Kier alpha value is -2.31. The van der Waals surface area contributed by atoms with E-state index in [2.05, 4.69) is 5.32 Å². The van der Waals surface area contributed by atoms with Gasteiger partial charge in [0.2, 0.25) is 0 Å².